The first-order valence-electron chi connectivity index (χ1n) is 5.73. The molecule has 0 fully saturated rings. The number of aromatic nitrogens is 1. The minimum atomic E-state index is -1.06. The van der Waals surface area contributed by atoms with Crippen LogP contribution in [-0.4, -0.2) is 33.5 Å². The lowest BCUT2D eigenvalue weighted by atomic mass is 10.1. The number of carbonyl (C=O) groups excluding carboxylic acids is 1. The van der Waals surface area contributed by atoms with Gasteiger partial charge in [-0.1, -0.05) is 0 Å². The molecule has 0 saturated carbocycles. The van der Waals surface area contributed by atoms with Gasteiger partial charge in [0.2, 0.25) is 0 Å². The lowest BCUT2D eigenvalue weighted by Crippen LogP contribution is -2.43. The van der Waals surface area contributed by atoms with Crippen LogP contribution in [0.5, 0.6) is 0 Å². The third-order valence-corrected chi connectivity index (χ3v) is 3.61. The molecule has 0 bridgehead atoms. The van der Waals surface area contributed by atoms with Crippen molar-refractivity contribution in [1.29, 1.82) is 5.26 Å². The number of halogens is 1. The summed E-state index contributed by atoms with van der Waals surface area (Å²) in [5, 5.41) is 18.5. The first kappa shape index (κ1) is 13.1. The number of Topliss-reactive ketones (excluding diaryl/α,β-unsaturated/α-hetero) is 1. The Hall–Kier alpha value is -1.35. The van der Waals surface area contributed by atoms with Crippen molar-refractivity contribution < 1.29 is 9.90 Å². The summed E-state index contributed by atoms with van der Waals surface area (Å²) in [5.41, 5.74) is 6.95. The number of alkyl halides is 1. The Kier molecular flexibility index (Phi) is 3.71. The van der Waals surface area contributed by atoms with E-state index in [-0.39, 0.29) is 17.6 Å². The summed E-state index contributed by atoms with van der Waals surface area (Å²) < 4.78 is 1.80. The molecular weight excluding hydrogens is 254 g/mol. The van der Waals surface area contributed by atoms with Gasteiger partial charge in [-0.2, -0.15) is 5.26 Å². The maximum absolute atomic E-state index is 12.1. The van der Waals surface area contributed by atoms with Crippen LogP contribution in [0, 0.1) is 11.3 Å². The molecule has 2 heterocycles. The van der Waals surface area contributed by atoms with Crippen LogP contribution in [0.15, 0.2) is 12.1 Å². The number of aliphatic hydroxyl groups excluding tert-OH is 1. The molecule has 0 saturated heterocycles. The predicted octanol–water partition coefficient (Wildman–Crippen LogP) is 0.609. The molecule has 0 aliphatic carbocycles. The van der Waals surface area contributed by atoms with E-state index in [1.807, 2.05) is 0 Å². The Morgan fingerprint density at radius 1 is 1.72 bits per heavy atom. The maximum Gasteiger partial charge on any atom is 0.198 e. The average molecular weight is 268 g/mol. The van der Waals surface area contributed by atoms with Crippen LogP contribution in [0.1, 0.15) is 28.5 Å². The van der Waals surface area contributed by atoms with E-state index in [9.17, 15) is 9.90 Å². The average Bonchev–Trinajstić information content (AvgIpc) is 2.96. The molecule has 1 aromatic rings. The van der Waals surface area contributed by atoms with E-state index in [0.717, 1.165) is 5.69 Å². The summed E-state index contributed by atoms with van der Waals surface area (Å²) in [6, 6.07) is 4.60. The number of nitrogens with two attached hydrogens (primary N) is 1. The second-order valence-corrected chi connectivity index (χ2v) is 4.69. The number of hydrogen-bond donors (Lipinski definition) is 2. The summed E-state index contributed by atoms with van der Waals surface area (Å²) in [6.45, 7) is 0.630. The number of fused-ring (bicyclic) bond motifs is 1. The number of hydrogen-bond acceptors (Lipinski definition) is 4. The molecule has 0 spiro atoms. The Labute approximate surface area is 110 Å². The largest absolute Gasteiger partial charge is 0.390 e. The van der Waals surface area contributed by atoms with Gasteiger partial charge < -0.3 is 15.4 Å². The van der Waals surface area contributed by atoms with E-state index in [4.69, 9.17) is 22.6 Å². The molecule has 1 aliphatic heterocycles. The van der Waals surface area contributed by atoms with Crippen LogP contribution < -0.4 is 5.73 Å². The van der Waals surface area contributed by atoms with Crippen molar-refractivity contribution in [3.8, 4) is 6.07 Å². The minimum absolute atomic E-state index is 0.0821. The van der Waals surface area contributed by atoms with Gasteiger partial charge in [0, 0.05) is 12.2 Å². The quantitative estimate of drug-likeness (QED) is 0.617. The molecule has 18 heavy (non-hydrogen) atoms. The Morgan fingerprint density at radius 3 is 3.06 bits per heavy atom. The lowest BCUT2D eigenvalue weighted by molar-refractivity contribution is 0.0842. The van der Waals surface area contributed by atoms with Crippen molar-refractivity contribution >= 4 is 17.4 Å². The normalized spacial score (nSPS) is 21.1. The highest BCUT2D eigenvalue weighted by Gasteiger charge is 2.30. The lowest BCUT2D eigenvalue weighted by Gasteiger charge is -2.16. The van der Waals surface area contributed by atoms with E-state index in [2.05, 4.69) is 6.07 Å². The number of nitrogens with zero attached hydrogens (tertiary/aromatic N) is 2. The monoisotopic (exact) mass is 267 g/mol. The summed E-state index contributed by atoms with van der Waals surface area (Å²) in [6.07, 6.45) is -0.348. The second-order valence-electron chi connectivity index (χ2n) is 4.38. The fraction of sp³-hybridized carbons (Fsp3) is 0.500. The minimum Gasteiger partial charge on any atom is -0.390 e. The highest BCUT2D eigenvalue weighted by atomic mass is 35.5. The topological polar surface area (TPSA) is 92.0 Å². The van der Waals surface area contributed by atoms with Crippen molar-refractivity contribution in [3.05, 3.63) is 23.5 Å². The second kappa shape index (κ2) is 5.11. The van der Waals surface area contributed by atoms with Gasteiger partial charge in [-0.05, 0) is 18.6 Å². The molecule has 1 aromatic heterocycles. The fourth-order valence-corrected chi connectivity index (χ4v) is 2.42. The van der Waals surface area contributed by atoms with Crippen LogP contribution >= 0.6 is 11.6 Å². The molecule has 5 nitrogen and oxygen atoms in total. The van der Waals surface area contributed by atoms with Crippen LogP contribution in [-0.2, 0) is 6.54 Å². The Morgan fingerprint density at radius 2 is 2.44 bits per heavy atom. The number of rotatable bonds is 4. The Bertz CT molecular complexity index is 506. The van der Waals surface area contributed by atoms with E-state index >= 15 is 0 Å². The standard InChI is InChI=1S/C12H14ClN3O2/c13-5-10(17)11(15)12(18)9-2-1-8-7(6-14)3-4-16(8)9/h1-2,7,10-11,17H,3-5,15H2/t7?,10-,11+/m1/s1. The van der Waals surface area contributed by atoms with E-state index in [1.54, 1.807) is 16.7 Å². The smallest absolute Gasteiger partial charge is 0.198 e. The first-order valence-corrected chi connectivity index (χ1v) is 6.26. The molecule has 96 valence electrons. The maximum atomic E-state index is 12.1. The number of aliphatic hydroxyl groups is 1. The molecule has 6 heteroatoms. The summed E-state index contributed by atoms with van der Waals surface area (Å²) in [7, 11) is 0. The number of carbonyl (C=O) groups is 1. The molecule has 1 unspecified atom stereocenters. The fourth-order valence-electron chi connectivity index (χ4n) is 2.23. The molecule has 0 aromatic carbocycles. The Balaban J connectivity index is 2.26. The van der Waals surface area contributed by atoms with Crippen LogP contribution in [0.25, 0.3) is 0 Å². The molecule has 1 aliphatic rings. The highest BCUT2D eigenvalue weighted by Crippen LogP contribution is 2.30. The van der Waals surface area contributed by atoms with Gasteiger partial charge in [0.15, 0.2) is 5.78 Å². The SMILES string of the molecule is N#CC1CCn2c(C(=O)[C@@H](N)[C@H](O)CCl)ccc21. The van der Waals surface area contributed by atoms with Crippen molar-refractivity contribution in [2.45, 2.75) is 31.0 Å². The first-order chi connectivity index (χ1) is 8.60. The molecule has 3 atom stereocenters. The van der Waals surface area contributed by atoms with Crippen molar-refractivity contribution in [1.82, 2.24) is 4.57 Å². The zero-order chi connectivity index (χ0) is 13.3. The third kappa shape index (κ3) is 2.03. The summed E-state index contributed by atoms with van der Waals surface area (Å²) >= 11 is 5.48. The van der Waals surface area contributed by atoms with E-state index in [1.165, 1.54) is 0 Å². The molecule has 3 N–H and O–H groups in total. The number of nitriles is 1. The zero-order valence-corrected chi connectivity index (χ0v) is 10.5. The highest BCUT2D eigenvalue weighted by molar-refractivity contribution is 6.18. The van der Waals surface area contributed by atoms with Gasteiger partial charge in [-0.25, -0.2) is 0 Å². The predicted molar refractivity (Wildman–Crippen MR) is 66.4 cm³/mol. The van der Waals surface area contributed by atoms with Gasteiger partial charge in [0.25, 0.3) is 0 Å². The van der Waals surface area contributed by atoms with Gasteiger partial charge in [-0.3, -0.25) is 4.79 Å². The summed E-state index contributed by atoms with van der Waals surface area (Å²) in [5.74, 6) is -0.588. The molecule has 2 rings (SSSR count). The molecular formula is C12H14ClN3O2. The van der Waals surface area contributed by atoms with Gasteiger partial charge in [0.1, 0.15) is 0 Å². The van der Waals surface area contributed by atoms with Crippen LogP contribution in [0.4, 0.5) is 0 Å². The van der Waals surface area contributed by atoms with Gasteiger partial charge >= 0.3 is 0 Å². The van der Waals surface area contributed by atoms with Crippen molar-refractivity contribution in [3.63, 3.8) is 0 Å². The van der Waals surface area contributed by atoms with Crippen LogP contribution in [0.3, 0.4) is 0 Å². The van der Waals surface area contributed by atoms with Gasteiger partial charge in [0.05, 0.1) is 35.7 Å². The van der Waals surface area contributed by atoms with Crippen molar-refractivity contribution in [2.24, 2.45) is 5.73 Å². The molecule has 0 amide bonds. The zero-order valence-electron chi connectivity index (χ0n) is 9.71. The number of ketones is 1. The third-order valence-electron chi connectivity index (χ3n) is 3.30. The van der Waals surface area contributed by atoms with Crippen LogP contribution in [0.2, 0.25) is 0 Å². The molecule has 0 radical (unpaired) electrons. The summed E-state index contributed by atoms with van der Waals surface area (Å²) in [4.78, 5) is 12.1. The van der Waals surface area contributed by atoms with E-state index < -0.39 is 12.1 Å². The van der Waals surface area contributed by atoms with Gasteiger partial charge in [-0.15, -0.1) is 11.6 Å². The van der Waals surface area contributed by atoms with Crippen molar-refractivity contribution in [2.75, 3.05) is 5.88 Å². The van der Waals surface area contributed by atoms with E-state index in [0.29, 0.717) is 18.7 Å².